The smallest absolute Gasteiger partial charge is 0.258 e. The molecule has 1 fully saturated rings. The third-order valence-corrected chi connectivity index (χ3v) is 4.43. The molecule has 2 N–H and O–H groups in total. The van der Waals surface area contributed by atoms with E-state index in [1.54, 1.807) is 31.2 Å². The van der Waals surface area contributed by atoms with Crippen molar-refractivity contribution in [2.45, 2.75) is 25.8 Å². The Labute approximate surface area is 151 Å². The molecular weight excluding hydrogens is 335 g/mol. The summed E-state index contributed by atoms with van der Waals surface area (Å²) in [5.41, 5.74) is 1.42. The number of rotatable bonds is 4. The minimum absolute atomic E-state index is 0.0480. The molecule has 1 aliphatic rings. The van der Waals surface area contributed by atoms with E-state index in [0.29, 0.717) is 24.5 Å². The highest BCUT2D eigenvalue weighted by atomic mass is 19.1. The van der Waals surface area contributed by atoms with Crippen molar-refractivity contribution in [2.24, 2.45) is 0 Å². The fraction of sp³-hybridized carbons (Fsp3) is 0.300. The van der Waals surface area contributed by atoms with Crippen LogP contribution >= 0.6 is 0 Å². The van der Waals surface area contributed by atoms with Crippen LogP contribution in [0.3, 0.4) is 0 Å². The number of para-hydroxylation sites is 1. The van der Waals surface area contributed by atoms with E-state index >= 15 is 0 Å². The van der Waals surface area contributed by atoms with Crippen LogP contribution in [0.15, 0.2) is 42.5 Å². The monoisotopic (exact) mass is 356 g/mol. The number of amides is 2. The Hall–Kier alpha value is -2.73. The second kappa shape index (κ2) is 8.10. The Morgan fingerprint density at radius 3 is 2.42 bits per heavy atom. The Kier molecular flexibility index (Phi) is 5.63. The molecule has 0 spiro atoms. The van der Waals surface area contributed by atoms with Gasteiger partial charge < -0.3 is 15.4 Å². The van der Waals surface area contributed by atoms with Gasteiger partial charge in [0.15, 0.2) is 0 Å². The van der Waals surface area contributed by atoms with Crippen LogP contribution < -0.4 is 10.6 Å². The van der Waals surface area contributed by atoms with Gasteiger partial charge in [-0.3, -0.25) is 9.59 Å². The second-order valence-electron chi connectivity index (χ2n) is 6.29. The summed E-state index contributed by atoms with van der Waals surface area (Å²) in [5.74, 6) is -1.45. The first kappa shape index (κ1) is 18.1. The summed E-state index contributed by atoms with van der Waals surface area (Å²) in [7, 11) is 0. The van der Waals surface area contributed by atoms with E-state index in [0.717, 1.165) is 18.4 Å². The lowest BCUT2D eigenvalue weighted by molar-refractivity contribution is 0.0697. The minimum atomic E-state index is -0.605. The maximum atomic E-state index is 13.9. The lowest BCUT2D eigenvalue weighted by atomic mass is 10.0. The van der Waals surface area contributed by atoms with Gasteiger partial charge in [-0.15, -0.1) is 0 Å². The molecule has 1 aliphatic heterocycles. The zero-order chi connectivity index (χ0) is 18.5. The molecule has 5 nitrogen and oxygen atoms in total. The molecule has 0 aliphatic carbocycles. The predicted octanol–water partition coefficient (Wildman–Crippen LogP) is 3.30. The topological polar surface area (TPSA) is 67.4 Å². The van der Waals surface area contributed by atoms with Gasteiger partial charge in [0.2, 0.25) is 0 Å². The summed E-state index contributed by atoms with van der Waals surface area (Å²) in [6.45, 7) is 3.04. The lowest BCUT2D eigenvalue weighted by Crippen LogP contribution is -2.39. The van der Waals surface area contributed by atoms with Gasteiger partial charge in [-0.2, -0.15) is 0 Å². The maximum absolute atomic E-state index is 13.9. The summed E-state index contributed by atoms with van der Waals surface area (Å²) < 4.78 is 19.2. The van der Waals surface area contributed by atoms with Gasteiger partial charge in [0.05, 0.1) is 16.8 Å². The summed E-state index contributed by atoms with van der Waals surface area (Å²) in [6, 6.07) is 11.0. The van der Waals surface area contributed by atoms with Crippen LogP contribution in [0.4, 0.5) is 10.1 Å². The molecular formula is C20H21FN2O3. The zero-order valence-corrected chi connectivity index (χ0v) is 14.5. The van der Waals surface area contributed by atoms with Crippen molar-refractivity contribution in [3.05, 3.63) is 65.0 Å². The molecule has 3 rings (SSSR count). The largest absolute Gasteiger partial charge is 0.381 e. The summed E-state index contributed by atoms with van der Waals surface area (Å²) in [5, 5.41) is 5.67. The molecule has 136 valence electrons. The van der Waals surface area contributed by atoms with Crippen LogP contribution in [-0.2, 0) is 4.74 Å². The number of carbonyl (C=O) groups is 2. The van der Waals surface area contributed by atoms with Gasteiger partial charge >= 0.3 is 0 Å². The third kappa shape index (κ3) is 4.08. The number of halogens is 1. The number of anilines is 1. The van der Waals surface area contributed by atoms with E-state index in [2.05, 4.69) is 10.6 Å². The van der Waals surface area contributed by atoms with E-state index in [9.17, 15) is 14.0 Å². The number of hydrogen-bond donors (Lipinski definition) is 2. The minimum Gasteiger partial charge on any atom is -0.381 e. The van der Waals surface area contributed by atoms with Gasteiger partial charge in [-0.25, -0.2) is 4.39 Å². The fourth-order valence-electron chi connectivity index (χ4n) is 2.95. The number of hydrogen-bond acceptors (Lipinski definition) is 3. The average molecular weight is 356 g/mol. The predicted molar refractivity (Wildman–Crippen MR) is 96.8 cm³/mol. The molecule has 0 saturated carbocycles. The van der Waals surface area contributed by atoms with E-state index in [1.807, 2.05) is 0 Å². The van der Waals surface area contributed by atoms with Crippen LogP contribution in [0.2, 0.25) is 0 Å². The fourth-order valence-corrected chi connectivity index (χ4v) is 2.95. The van der Waals surface area contributed by atoms with Crippen molar-refractivity contribution < 1.29 is 18.7 Å². The van der Waals surface area contributed by atoms with Crippen molar-refractivity contribution in [2.75, 3.05) is 18.5 Å². The molecule has 26 heavy (non-hydrogen) atoms. The summed E-state index contributed by atoms with van der Waals surface area (Å²) >= 11 is 0. The highest BCUT2D eigenvalue weighted by Crippen LogP contribution is 2.22. The van der Waals surface area contributed by atoms with Gasteiger partial charge in [-0.1, -0.05) is 24.3 Å². The van der Waals surface area contributed by atoms with Crippen LogP contribution in [0, 0.1) is 12.7 Å². The van der Waals surface area contributed by atoms with Crippen molar-refractivity contribution in [1.82, 2.24) is 5.32 Å². The molecule has 2 aromatic rings. The van der Waals surface area contributed by atoms with E-state index in [4.69, 9.17) is 4.74 Å². The molecule has 0 atom stereocenters. The van der Waals surface area contributed by atoms with Crippen molar-refractivity contribution in [3.63, 3.8) is 0 Å². The lowest BCUT2D eigenvalue weighted by Gasteiger charge is -2.24. The van der Waals surface area contributed by atoms with Gasteiger partial charge in [0.25, 0.3) is 11.8 Å². The second-order valence-corrected chi connectivity index (χ2v) is 6.29. The molecule has 0 bridgehead atoms. The van der Waals surface area contributed by atoms with Gasteiger partial charge in [-0.05, 0) is 43.5 Å². The number of nitrogens with one attached hydrogen (secondary N) is 2. The Bertz CT molecular complexity index is 816. The first-order valence-electron chi connectivity index (χ1n) is 8.60. The summed E-state index contributed by atoms with van der Waals surface area (Å²) in [4.78, 5) is 25.1. The maximum Gasteiger partial charge on any atom is 0.258 e. The van der Waals surface area contributed by atoms with E-state index in [-0.39, 0.29) is 17.5 Å². The molecule has 0 unspecified atom stereocenters. The molecule has 2 aromatic carbocycles. The average Bonchev–Trinajstić information content (AvgIpc) is 2.64. The zero-order valence-electron chi connectivity index (χ0n) is 14.5. The molecule has 1 saturated heterocycles. The Morgan fingerprint density at radius 2 is 1.69 bits per heavy atom. The van der Waals surface area contributed by atoms with Crippen molar-refractivity contribution in [3.8, 4) is 0 Å². The number of ether oxygens (including phenoxy) is 1. The quantitative estimate of drug-likeness (QED) is 0.883. The molecule has 1 heterocycles. The normalized spacial score (nSPS) is 14.7. The van der Waals surface area contributed by atoms with Crippen molar-refractivity contribution in [1.29, 1.82) is 0 Å². The van der Waals surface area contributed by atoms with Crippen LogP contribution in [0.25, 0.3) is 0 Å². The SMILES string of the molecule is Cc1cccc(C(=O)NC2CCOCC2)c1NC(=O)c1ccccc1F. The van der Waals surface area contributed by atoms with Crippen LogP contribution in [0.5, 0.6) is 0 Å². The highest BCUT2D eigenvalue weighted by molar-refractivity contribution is 6.09. The number of aryl methyl sites for hydroxylation is 1. The molecule has 0 aromatic heterocycles. The van der Waals surface area contributed by atoms with Crippen LogP contribution in [-0.4, -0.2) is 31.1 Å². The van der Waals surface area contributed by atoms with Gasteiger partial charge in [0.1, 0.15) is 5.82 Å². The number of benzene rings is 2. The third-order valence-electron chi connectivity index (χ3n) is 4.43. The Morgan fingerprint density at radius 1 is 1.00 bits per heavy atom. The Balaban J connectivity index is 1.82. The van der Waals surface area contributed by atoms with Crippen LogP contribution in [0.1, 0.15) is 39.1 Å². The molecule has 2 amide bonds. The van der Waals surface area contributed by atoms with Crippen molar-refractivity contribution >= 4 is 17.5 Å². The molecule has 6 heteroatoms. The number of carbonyl (C=O) groups excluding carboxylic acids is 2. The summed E-state index contributed by atoms with van der Waals surface area (Å²) in [6.07, 6.45) is 1.52. The van der Waals surface area contributed by atoms with E-state index in [1.165, 1.54) is 18.2 Å². The highest BCUT2D eigenvalue weighted by Gasteiger charge is 2.21. The standard InChI is InChI=1S/C20H21FN2O3/c1-13-5-4-7-16(20(25)22-14-9-11-26-12-10-14)18(13)23-19(24)15-6-2-3-8-17(15)21/h2-8,14H,9-12H2,1H3,(H,22,25)(H,23,24). The first-order chi connectivity index (χ1) is 12.6. The van der Waals surface area contributed by atoms with E-state index < -0.39 is 11.7 Å². The molecule has 0 radical (unpaired) electrons. The first-order valence-corrected chi connectivity index (χ1v) is 8.60. The van der Waals surface area contributed by atoms with Gasteiger partial charge in [0, 0.05) is 19.3 Å².